The van der Waals surface area contributed by atoms with Crippen LogP contribution in [0.15, 0.2) is 33.9 Å². The first-order valence-electron chi connectivity index (χ1n) is 8.81. The van der Waals surface area contributed by atoms with Crippen molar-refractivity contribution in [3.8, 4) is 0 Å². The van der Waals surface area contributed by atoms with Gasteiger partial charge in [-0.25, -0.2) is 4.79 Å². The SMILES string of the molecule is CC[C@@H](C)Nc1nc2c(c(=O)n(C)c(=O)n2C)n1Cc1cccc(C)c1. The molecule has 0 radical (unpaired) electrons. The van der Waals surface area contributed by atoms with Crippen LogP contribution in [0.5, 0.6) is 0 Å². The molecule has 0 spiro atoms. The minimum atomic E-state index is -0.377. The second-order valence-electron chi connectivity index (χ2n) is 6.84. The minimum Gasteiger partial charge on any atom is -0.353 e. The molecule has 3 rings (SSSR count). The Kier molecular flexibility index (Phi) is 4.71. The first-order chi connectivity index (χ1) is 12.3. The van der Waals surface area contributed by atoms with E-state index in [4.69, 9.17) is 0 Å². The van der Waals surface area contributed by atoms with Crippen molar-refractivity contribution in [1.82, 2.24) is 18.7 Å². The topological polar surface area (TPSA) is 73.8 Å². The normalized spacial score (nSPS) is 12.5. The maximum absolute atomic E-state index is 12.8. The van der Waals surface area contributed by atoms with Crippen LogP contribution in [0.3, 0.4) is 0 Å². The van der Waals surface area contributed by atoms with Crippen LogP contribution in [0.2, 0.25) is 0 Å². The van der Waals surface area contributed by atoms with Gasteiger partial charge in [-0.3, -0.25) is 18.5 Å². The van der Waals surface area contributed by atoms with Gasteiger partial charge in [0.1, 0.15) is 0 Å². The summed E-state index contributed by atoms with van der Waals surface area (Å²) in [6.07, 6.45) is 0.921. The molecule has 0 saturated carbocycles. The lowest BCUT2D eigenvalue weighted by Gasteiger charge is -2.15. The largest absolute Gasteiger partial charge is 0.353 e. The van der Waals surface area contributed by atoms with E-state index in [1.165, 1.54) is 11.6 Å². The van der Waals surface area contributed by atoms with Crippen molar-refractivity contribution in [2.24, 2.45) is 14.1 Å². The summed E-state index contributed by atoms with van der Waals surface area (Å²) >= 11 is 0. The van der Waals surface area contributed by atoms with E-state index < -0.39 is 0 Å². The Morgan fingerprint density at radius 2 is 1.92 bits per heavy atom. The number of benzene rings is 1. The van der Waals surface area contributed by atoms with Gasteiger partial charge in [0, 0.05) is 20.1 Å². The predicted molar refractivity (Wildman–Crippen MR) is 104 cm³/mol. The Morgan fingerprint density at radius 3 is 2.58 bits per heavy atom. The summed E-state index contributed by atoms with van der Waals surface area (Å²) in [7, 11) is 3.14. The molecule has 0 aliphatic rings. The number of fused-ring (bicyclic) bond motifs is 1. The molecular formula is C19H25N5O2. The maximum atomic E-state index is 12.8. The van der Waals surface area contributed by atoms with Crippen molar-refractivity contribution in [2.75, 3.05) is 5.32 Å². The average Bonchev–Trinajstić information content (AvgIpc) is 2.96. The lowest BCUT2D eigenvalue weighted by atomic mass is 10.1. The summed E-state index contributed by atoms with van der Waals surface area (Å²) in [5, 5.41) is 3.37. The molecule has 2 aromatic heterocycles. The molecule has 0 aliphatic carbocycles. The van der Waals surface area contributed by atoms with Crippen LogP contribution in [0.1, 0.15) is 31.4 Å². The summed E-state index contributed by atoms with van der Waals surface area (Å²) in [6, 6.07) is 8.35. The summed E-state index contributed by atoms with van der Waals surface area (Å²) in [5.41, 5.74) is 2.35. The van der Waals surface area contributed by atoms with E-state index in [-0.39, 0.29) is 17.3 Å². The highest BCUT2D eigenvalue weighted by Crippen LogP contribution is 2.19. The van der Waals surface area contributed by atoms with Gasteiger partial charge in [0.05, 0.1) is 6.54 Å². The first kappa shape index (κ1) is 18.0. The van der Waals surface area contributed by atoms with Crippen LogP contribution in [-0.2, 0) is 20.6 Å². The van der Waals surface area contributed by atoms with Gasteiger partial charge in [0.15, 0.2) is 11.2 Å². The lowest BCUT2D eigenvalue weighted by Crippen LogP contribution is -2.37. The Balaban J connectivity index is 2.27. The van der Waals surface area contributed by atoms with Gasteiger partial charge in [0.25, 0.3) is 5.56 Å². The Morgan fingerprint density at radius 1 is 1.19 bits per heavy atom. The van der Waals surface area contributed by atoms with Gasteiger partial charge < -0.3 is 5.32 Å². The quantitative estimate of drug-likeness (QED) is 0.760. The molecule has 26 heavy (non-hydrogen) atoms. The molecule has 138 valence electrons. The molecule has 0 amide bonds. The van der Waals surface area contributed by atoms with Crippen LogP contribution in [-0.4, -0.2) is 24.7 Å². The molecule has 0 unspecified atom stereocenters. The van der Waals surface area contributed by atoms with Gasteiger partial charge in [-0.15, -0.1) is 0 Å². The van der Waals surface area contributed by atoms with Crippen LogP contribution >= 0.6 is 0 Å². The molecule has 0 aliphatic heterocycles. The third-order valence-electron chi connectivity index (χ3n) is 4.76. The number of anilines is 1. The summed E-state index contributed by atoms with van der Waals surface area (Å²) in [4.78, 5) is 29.7. The van der Waals surface area contributed by atoms with E-state index in [1.807, 2.05) is 29.7 Å². The number of nitrogens with one attached hydrogen (secondary N) is 1. The van der Waals surface area contributed by atoms with Crippen molar-refractivity contribution in [3.05, 3.63) is 56.2 Å². The van der Waals surface area contributed by atoms with Crippen molar-refractivity contribution in [1.29, 1.82) is 0 Å². The Bertz CT molecular complexity index is 1070. The van der Waals surface area contributed by atoms with E-state index in [0.29, 0.717) is 23.7 Å². The van der Waals surface area contributed by atoms with E-state index in [1.54, 1.807) is 7.05 Å². The van der Waals surface area contributed by atoms with Gasteiger partial charge in [-0.2, -0.15) is 4.98 Å². The fourth-order valence-corrected chi connectivity index (χ4v) is 3.03. The van der Waals surface area contributed by atoms with Crippen LogP contribution < -0.4 is 16.6 Å². The fraction of sp³-hybridized carbons (Fsp3) is 0.421. The molecular weight excluding hydrogens is 330 g/mol. The number of hydrogen-bond acceptors (Lipinski definition) is 4. The standard InChI is InChI=1S/C19H25N5O2/c1-6-13(3)20-18-21-16-15(17(25)23(5)19(26)22(16)4)24(18)11-14-9-7-8-12(2)10-14/h7-10,13H,6,11H2,1-5H3,(H,20,21)/t13-/m1/s1. The molecule has 0 fully saturated rings. The number of aromatic nitrogens is 4. The first-order valence-corrected chi connectivity index (χ1v) is 8.81. The Labute approximate surface area is 151 Å². The lowest BCUT2D eigenvalue weighted by molar-refractivity contribution is 0.701. The van der Waals surface area contributed by atoms with E-state index >= 15 is 0 Å². The van der Waals surface area contributed by atoms with E-state index in [9.17, 15) is 9.59 Å². The molecule has 7 heteroatoms. The maximum Gasteiger partial charge on any atom is 0.332 e. The van der Waals surface area contributed by atoms with Crippen LogP contribution in [0.4, 0.5) is 5.95 Å². The summed E-state index contributed by atoms with van der Waals surface area (Å²) in [5.74, 6) is 0.606. The number of aryl methyl sites for hydroxylation is 2. The molecule has 1 N–H and O–H groups in total. The number of imidazole rings is 1. The number of rotatable bonds is 5. The predicted octanol–water partition coefficient (Wildman–Crippen LogP) is 2.00. The zero-order valence-corrected chi connectivity index (χ0v) is 15.9. The molecule has 7 nitrogen and oxygen atoms in total. The highest BCUT2D eigenvalue weighted by Gasteiger charge is 2.20. The highest BCUT2D eigenvalue weighted by atomic mass is 16.2. The molecule has 1 atom stereocenters. The molecule has 3 aromatic rings. The van der Waals surface area contributed by atoms with Crippen LogP contribution in [0, 0.1) is 6.92 Å². The number of nitrogens with zero attached hydrogens (tertiary/aromatic N) is 4. The van der Waals surface area contributed by atoms with Crippen molar-refractivity contribution >= 4 is 17.1 Å². The number of hydrogen-bond donors (Lipinski definition) is 1. The Hall–Kier alpha value is -2.83. The van der Waals surface area contributed by atoms with E-state index in [2.05, 4.69) is 30.2 Å². The van der Waals surface area contributed by atoms with Crippen molar-refractivity contribution in [3.63, 3.8) is 0 Å². The monoisotopic (exact) mass is 355 g/mol. The molecule has 0 bridgehead atoms. The van der Waals surface area contributed by atoms with Crippen LogP contribution in [0.25, 0.3) is 11.2 Å². The second-order valence-corrected chi connectivity index (χ2v) is 6.84. The molecule has 1 aromatic carbocycles. The van der Waals surface area contributed by atoms with Crippen molar-refractivity contribution < 1.29 is 0 Å². The minimum absolute atomic E-state index is 0.198. The smallest absolute Gasteiger partial charge is 0.332 e. The zero-order chi connectivity index (χ0) is 19.0. The van der Waals surface area contributed by atoms with E-state index in [0.717, 1.165) is 22.1 Å². The average molecular weight is 355 g/mol. The molecule has 2 heterocycles. The zero-order valence-electron chi connectivity index (χ0n) is 15.9. The van der Waals surface area contributed by atoms with Gasteiger partial charge in [0.2, 0.25) is 5.95 Å². The summed E-state index contributed by atoms with van der Waals surface area (Å²) < 4.78 is 4.42. The van der Waals surface area contributed by atoms with Gasteiger partial charge in [-0.05, 0) is 25.8 Å². The third-order valence-corrected chi connectivity index (χ3v) is 4.76. The molecule has 0 saturated heterocycles. The highest BCUT2D eigenvalue weighted by molar-refractivity contribution is 5.74. The van der Waals surface area contributed by atoms with Gasteiger partial charge in [-0.1, -0.05) is 36.8 Å². The fourth-order valence-electron chi connectivity index (χ4n) is 3.03. The third kappa shape index (κ3) is 3.05. The van der Waals surface area contributed by atoms with Gasteiger partial charge >= 0.3 is 5.69 Å². The summed E-state index contributed by atoms with van der Waals surface area (Å²) in [6.45, 7) is 6.69. The second kappa shape index (κ2) is 6.82. The van der Waals surface area contributed by atoms with Crippen molar-refractivity contribution in [2.45, 2.75) is 39.8 Å².